The summed E-state index contributed by atoms with van der Waals surface area (Å²) in [5.41, 5.74) is -4.50. The zero-order chi connectivity index (χ0) is 26.0. The van der Waals surface area contributed by atoms with Gasteiger partial charge in [0.1, 0.15) is 17.3 Å². The monoisotopic (exact) mass is 524 g/mol. The molecule has 2 atom stereocenters. The van der Waals surface area contributed by atoms with E-state index in [2.05, 4.69) is 15.6 Å². The van der Waals surface area contributed by atoms with Crippen LogP contribution in [-0.2, 0) is 5.60 Å². The summed E-state index contributed by atoms with van der Waals surface area (Å²) in [5.74, 6) is -2.30. The molecule has 3 heterocycles. The molecule has 0 unspecified atom stereocenters. The van der Waals surface area contributed by atoms with Crippen LogP contribution >= 0.6 is 11.6 Å². The smallest absolute Gasteiger partial charge is 0.375 e. The van der Waals surface area contributed by atoms with E-state index in [-0.39, 0.29) is 33.2 Å². The Balaban J connectivity index is 1.54. The summed E-state index contributed by atoms with van der Waals surface area (Å²) in [4.78, 5) is 30.3. The van der Waals surface area contributed by atoms with Crippen molar-refractivity contribution >= 4 is 34.9 Å². The number of benzene rings is 2. The molecule has 36 heavy (non-hydrogen) atoms. The van der Waals surface area contributed by atoms with Gasteiger partial charge in [-0.15, -0.1) is 0 Å². The maximum Gasteiger partial charge on any atom is 0.423 e. The minimum atomic E-state index is -5.21. The van der Waals surface area contributed by atoms with Crippen molar-refractivity contribution in [1.29, 1.82) is 0 Å². The van der Waals surface area contributed by atoms with Crippen molar-refractivity contribution < 1.29 is 36.6 Å². The molecule has 0 saturated carbocycles. The molecule has 2 aliphatic rings. The zero-order valence-electron chi connectivity index (χ0n) is 17.8. The van der Waals surface area contributed by atoms with Crippen molar-refractivity contribution in [3.05, 3.63) is 87.7 Å². The van der Waals surface area contributed by atoms with E-state index < -0.39 is 53.5 Å². The largest absolute Gasteiger partial charge is 0.423 e. The lowest BCUT2D eigenvalue weighted by Gasteiger charge is -2.27. The highest BCUT2D eigenvalue weighted by molar-refractivity contribution is 6.31. The molecule has 2 aliphatic heterocycles. The van der Waals surface area contributed by atoms with Gasteiger partial charge >= 0.3 is 12.2 Å². The number of halogens is 6. The fraction of sp³-hybridized carbons (Fsp3) is 0.174. The van der Waals surface area contributed by atoms with Crippen LogP contribution in [0.25, 0.3) is 0 Å². The third kappa shape index (κ3) is 3.64. The third-order valence-corrected chi connectivity index (χ3v) is 6.42. The number of aromatic nitrogens is 1. The number of alkyl halides is 3. The van der Waals surface area contributed by atoms with Crippen LogP contribution in [-0.4, -0.2) is 34.7 Å². The van der Waals surface area contributed by atoms with E-state index in [9.17, 15) is 36.6 Å². The highest BCUT2D eigenvalue weighted by atomic mass is 35.5. The van der Waals surface area contributed by atoms with E-state index in [1.165, 1.54) is 18.3 Å². The van der Waals surface area contributed by atoms with Gasteiger partial charge < -0.3 is 15.7 Å². The van der Waals surface area contributed by atoms with E-state index in [0.717, 1.165) is 24.3 Å². The summed E-state index contributed by atoms with van der Waals surface area (Å²) in [6, 6.07) is 5.00. The first-order valence-corrected chi connectivity index (χ1v) is 10.7. The van der Waals surface area contributed by atoms with Crippen LogP contribution in [0, 0.1) is 11.6 Å². The van der Waals surface area contributed by atoms with Gasteiger partial charge in [-0.3, -0.25) is 14.7 Å². The number of nitrogens with zero attached hydrogens (tertiary/aromatic N) is 2. The molecule has 0 saturated heterocycles. The zero-order valence-corrected chi connectivity index (χ0v) is 18.6. The average Bonchev–Trinajstić information content (AvgIpc) is 3.31. The fourth-order valence-electron chi connectivity index (χ4n) is 4.38. The first kappa shape index (κ1) is 23.9. The van der Waals surface area contributed by atoms with Gasteiger partial charge in [-0.1, -0.05) is 11.6 Å². The number of nitrogens with one attached hydrogen (secondary N) is 2. The number of carbonyl (C=O) groups excluding carboxylic acids is 2. The van der Waals surface area contributed by atoms with E-state index in [0.29, 0.717) is 11.0 Å². The molecule has 1 aromatic heterocycles. The molecule has 5 rings (SSSR count). The quantitative estimate of drug-likeness (QED) is 0.426. The lowest BCUT2D eigenvalue weighted by atomic mass is 9.95. The van der Waals surface area contributed by atoms with E-state index >= 15 is 0 Å². The number of aliphatic hydroxyl groups is 1. The molecule has 0 fully saturated rings. The molecule has 3 amide bonds. The second kappa shape index (κ2) is 8.14. The van der Waals surface area contributed by atoms with Crippen LogP contribution < -0.4 is 15.5 Å². The summed E-state index contributed by atoms with van der Waals surface area (Å²) >= 11 is 6.20. The number of pyridine rings is 1. The summed E-state index contributed by atoms with van der Waals surface area (Å²) in [6.45, 7) is -1.23. The first-order valence-electron chi connectivity index (χ1n) is 10.3. The Labute approximate surface area is 204 Å². The standard InChI is InChI=1S/C23H14ClF5N4O3/c24-14-3-1-10(25)7-12(14)18-17-15(5-6-30-19(17)20(34)32-18)31-21(35)33-9-22(36,23(27,28)29)13-8-11(26)2-4-16(13)33/h1-8,18,36H,9H2,(H,32,34)(H,30,31,35)/t18-,22+/m1/s1. The van der Waals surface area contributed by atoms with Crippen LogP contribution in [0.3, 0.4) is 0 Å². The van der Waals surface area contributed by atoms with Gasteiger partial charge in [0.15, 0.2) is 0 Å². The number of hydrogen-bond acceptors (Lipinski definition) is 4. The Bertz CT molecular complexity index is 1430. The molecule has 0 aliphatic carbocycles. The van der Waals surface area contributed by atoms with Crippen molar-refractivity contribution in [2.45, 2.75) is 17.8 Å². The lowest BCUT2D eigenvalue weighted by Crippen LogP contribution is -2.48. The van der Waals surface area contributed by atoms with E-state index in [1.54, 1.807) is 0 Å². The minimum Gasteiger partial charge on any atom is -0.375 e. The average molecular weight is 525 g/mol. The van der Waals surface area contributed by atoms with Gasteiger partial charge in [-0.05, 0) is 42.5 Å². The Morgan fingerprint density at radius 2 is 1.86 bits per heavy atom. The fourth-order valence-corrected chi connectivity index (χ4v) is 4.60. The van der Waals surface area contributed by atoms with Gasteiger partial charge in [0.25, 0.3) is 5.91 Å². The summed E-state index contributed by atoms with van der Waals surface area (Å²) in [7, 11) is 0. The van der Waals surface area contributed by atoms with Gasteiger partial charge in [-0.2, -0.15) is 13.2 Å². The molecule has 0 radical (unpaired) electrons. The molecule has 186 valence electrons. The van der Waals surface area contributed by atoms with Gasteiger partial charge in [0.2, 0.25) is 5.60 Å². The molecule has 7 nitrogen and oxygen atoms in total. The Morgan fingerprint density at radius 3 is 2.58 bits per heavy atom. The Kier molecular flexibility index (Phi) is 5.41. The molecular weight excluding hydrogens is 511 g/mol. The predicted octanol–water partition coefficient (Wildman–Crippen LogP) is 4.65. The molecule has 13 heteroatoms. The maximum atomic E-state index is 13.9. The van der Waals surface area contributed by atoms with Crippen molar-refractivity contribution in [3.8, 4) is 0 Å². The van der Waals surface area contributed by atoms with Crippen LogP contribution in [0.15, 0.2) is 48.7 Å². The summed E-state index contributed by atoms with van der Waals surface area (Å²) < 4.78 is 68.8. The van der Waals surface area contributed by atoms with Gasteiger partial charge in [-0.25, -0.2) is 13.6 Å². The molecule has 3 aromatic rings. The highest BCUT2D eigenvalue weighted by Crippen LogP contribution is 2.49. The number of β-amino-alcohol motifs (C(OH)–C–C–N with tert-alkyl or cyclic N) is 1. The summed E-state index contributed by atoms with van der Waals surface area (Å²) in [6.07, 6.45) is -4.01. The number of anilines is 2. The first-order chi connectivity index (χ1) is 16.9. The number of rotatable bonds is 2. The Morgan fingerprint density at radius 1 is 1.17 bits per heavy atom. The second-order valence-corrected chi connectivity index (χ2v) is 8.64. The van der Waals surface area contributed by atoms with Crippen molar-refractivity contribution in [2.24, 2.45) is 0 Å². The number of amides is 3. The van der Waals surface area contributed by atoms with Gasteiger partial charge in [0.05, 0.1) is 24.0 Å². The molecular formula is C23H14ClF5N4O3. The minimum absolute atomic E-state index is 0.0141. The topological polar surface area (TPSA) is 94.6 Å². The molecule has 0 bridgehead atoms. The van der Waals surface area contributed by atoms with Crippen molar-refractivity contribution in [2.75, 3.05) is 16.8 Å². The lowest BCUT2D eigenvalue weighted by molar-refractivity contribution is -0.258. The van der Waals surface area contributed by atoms with Crippen LogP contribution in [0.4, 0.5) is 38.1 Å². The predicted molar refractivity (Wildman–Crippen MR) is 118 cm³/mol. The number of fused-ring (bicyclic) bond motifs is 2. The molecule has 0 spiro atoms. The van der Waals surface area contributed by atoms with Crippen LogP contribution in [0.1, 0.15) is 33.2 Å². The number of carbonyl (C=O) groups is 2. The molecule has 2 aromatic carbocycles. The van der Waals surface area contributed by atoms with Crippen LogP contribution in [0.5, 0.6) is 0 Å². The second-order valence-electron chi connectivity index (χ2n) is 8.23. The summed E-state index contributed by atoms with van der Waals surface area (Å²) in [5, 5.41) is 15.5. The third-order valence-electron chi connectivity index (χ3n) is 6.08. The van der Waals surface area contributed by atoms with E-state index in [1.807, 2.05) is 0 Å². The highest BCUT2D eigenvalue weighted by Gasteiger charge is 2.61. The Hall–Kier alpha value is -3.77. The number of urea groups is 1. The number of hydrogen-bond donors (Lipinski definition) is 3. The van der Waals surface area contributed by atoms with Gasteiger partial charge in [0, 0.05) is 27.9 Å². The molecule has 3 N–H and O–H groups in total. The maximum absolute atomic E-state index is 13.9. The van der Waals surface area contributed by atoms with Crippen molar-refractivity contribution in [1.82, 2.24) is 10.3 Å². The normalized spacial score (nSPS) is 20.7. The SMILES string of the molecule is O=C1N[C@H](c2cc(F)ccc2Cl)c2c(NC(=O)N3C[C@@](O)(C(F)(F)F)c4cc(F)ccc43)ccnc21. The van der Waals surface area contributed by atoms with E-state index in [4.69, 9.17) is 11.6 Å². The van der Waals surface area contributed by atoms with Crippen molar-refractivity contribution in [3.63, 3.8) is 0 Å². The van der Waals surface area contributed by atoms with Crippen LogP contribution in [0.2, 0.25) is 5.02 Å².